The molecule has 1 aliphatic carbocycles. The maximum Gasteiger partial charge on any atom is 0.306 e. The second kappa shape index (κ2) is 11.2. The Balaban J connectivity index is 1.42. The van der Waals surface area contributed by atoms with Crippen molar-refractivity contribution in [2.24, 2.45) is 11.8 Å². The molecule has 1 aromatic heterocycles. The van der Waals surface area contributed by atoms with Crippen molar-refractivity contribution in [1.82, 2.24) is 4.98 Å². The molecule has 1 saturated carbocycles. The molecule has 1 N–H and O–H groups in total. The number of aromatic nitrogens is 1. The van der Waals surface area contributed by atoms with Crippen LogP contribution < -0.4 is 10.2 Å². The summed E-state index contributed by atoms with van der Waals surface area (Å²) < 4.78 is 5.09. The van der Waals surface area contributed by atoms with Crippen molar-refractivity contribution in [3.05, 3.63) is 29.3 Å². The van der Waals surface area contributed by atoms with E-state index in [-0.39, 0.29) is 11.9 Å². The van der Waals surface area contributed by atoms with Gasteiger partial charge in [0.25, 0.3) is 0 Å². The van der Waals surface area contributed by atoms with E-state index in [1.807, 2.05) is 31.2 Å². The average Bonchev–Trinajstić information content (AvgIpc) is 2.82. The van der Waals surface area contributed by atoms with E-state index in [1.165, 1.54) is 19.3 Å². The number of carbonyl (C=O) groups excluding carboxylic acids is 2. The lowest BCUT2D eigenvalue weighted by Gasteiger charge is -2.32. The first-order valence-corrected chi connectivity index (χ1v) is 12.7. The summed E-state index contributed by atoms with van der Waals surface area (Å²) in [5.41, 5.74) is 1.47. The maximum atomic E-state index is 12.7. The number of hydrogen-bond acceptors (Lipinski definition) is 5. The zero-order valence-electron chi connectivity index (χ0n) is 19.4. The number of esters is 1. The van der Waals surface area contributed by atoms with E-state index in [1.54, 1.807) is 0 Å². The van der Waals surface area contributed by atoms with Gasteiger partial charge in [0.05, 0.1) is 22.8 Å². The van der Waals surface area contributed by atoms with Crippen LogP contribution >= 0.6 is 11.6 Å². The minimum atomic E-state index is -0.102. The van der Waals surface area contributed by atoms with Crippen LogP contribution in [0.4, 0.5) is 11.5 Å². The predicted molar refractivity (Wildman–Crippen MR) is 133 cm³/mol. The normalized spacial score (nSPS) is 17.8. The highest BCUT2D eigenvalue weighted by Crippen LogP contribution is 2.34. The van der Waals surface area contributed by atoms with Crippen LogP contribution in [-0.4, -0.2) is 36.6 Å². The fraction of sp³-hybridized carbons (Fsp3) is 0.577. The monoisotopic (exact) mass is 471 g/mol. The Kier molecular flexibility index (Phi) is 8.07. The lowest BCUT2D eigenvalue weighted by molar-refractivity contribution is -0.144. The Morgan fingerprint density at radius 3 is 2.48 bits per heavy atom. The lowest BCUT2D eigenvalue weighted by Crippen LogP contribution is -2.35. The third kappa shape index (κ3) is 6.17. The summed E-state index contributed by atoms with van der Waals surface area (Å²) in [6.07, 6.45) is 8.94. The van der Waals surface area contributed by atoms with Crippen molar-refractivity contribution >= 4 is 45.9 Å². The fourth-order valence-corrected chi connectivity index (χ4v) is 5.35. The SMILES string of the molecule is CCOC(=O)CC1CCN(c2ccc3c(NC(=O)CC4CCCCC4)c(Cl)ccc3n2)CC1. The third-order valence-corrected chi connectivity index (χ3v) is 7.28. The summed E-state index contributed by atoms with van der Waals surface area (Å²) in [5, 5.41) is 4.46. The van der Waals surface area contributed by atoms with Crippen LogP contribution in [0.2, 0.25) is 5.02 Å². The number of fused-ring (bicyclic) bond motifs is 1. The fourth-order valence-electron chi connectivity index (χ4n) is 5.14. The minimum absolute atomic E-state index is 0.0315. The average molecular weight is 472 g/mol. The van der Waals surface area contributed by atoms with Crippen molar-refractivity contribution in [2.75, 3.05) is 29.9 Å². The van der Waals surface area contributed by atoms with Gasteiger partial charge in [0, 0.05) is 31.3 Å². The van der Waals surface area contributed by atoms with Gasteiger partial charge in [-0.3, -0.25) is 9.59 Å². The number of halogens is 1. The lowest BCUT2D eigenvalue weighted by atomic mass is 9.87. The van der Waals surface area contributed by atoms with E-state index in [9.17, 15) is 9.59 Å². The van der Waals surface area contributed by atoms with Crippen LogP contribution in [0.1, 0.15) is 64.7 Å². The molecule has 178 valence electrons. The summed E-state index contributed by atoms with van der Waals surface area (Å²) in [4.78, 5) is 31.6. The number of anilines is 2. The number of pyridine rings is 1. The molecule has 33 heavy (non-hydrogen) atoms. The molecule has 7 heteroatoms. The Hall–Kier alpha value is -2.34. The summed E-state index contributed by atoms with van der Waals surface area (Å²) in [5.74, 6) is 1.69. The number of ether oxygens (including phenoxy) is 1. The van der Waals surface area contributed by atoms with Gasteiger partial charge in [0.1, 0.15) is 5.82 Å². The molecule has 1 saturated heterocycles. The van der Waals surface area contributed by atoms with E-state index in [2.05, 4.69) is 10.2 Å². The topological polar surface area (TPSA) is 71.5 Å². The smallest absolute Gasteiger partial charge is 0.306 e. The van der Waals surface area contributed by atoms with Crippen LogP contribution in [-0.2, 0) is 14.3 Å². The van der Waals surface area contributed by atoms with Gasteiger partial charge in [-0.2, -0.15) is 0 Å². The summed E-state index contributed by atoms with van der Waals surface area (Å²) >= 11 is 6.47. The maximum absolute atomic E-state index is 12.7. The second-order valence-electron chi connectivity index (χ2n) is 9.35. The van der Waals surface area contributed by atoms with Crippen molar-refractivity contribution in [1.29, 1.82) is 0 Å². The largest absolute Gasteiger partial charge is 0.466 e. The molecule has 0 unspecified atom stereocenters. The number of nitrogens with zero attached hydrogens (tertiary/aromatic N) is 2. The van der Waals surface area contributed by atoms with E-state index in [4.69, 9.17) is 21.3 Å². The van der Waals surface area contributed by atoms with Gasteiger partial charge < -0.3 is 15.0 Å². The molecule has 2 heterocycles. The van der Waals surface area contributed by atoms with Crippen molar-refractivity contribution in [2.45, 2.75) is 64.7 Å². The van der Waals surface area contributed by atoms with Gasteiger partial charge in [0.2, 0.25) is 5.91 Å². The van der Waals surface area contributed by atoms with Crippen LogP contribution in [0.3, 0.4) is 0 Å². The number of benzene rings is 1. The molecule has 0 radical (unpaired) electrons. The molecule has 4 rings (SSSR count). The quantitative estimate of drug-likeness (QED) is 0.504. The highest BCUT2D eigenvalue weighted by Gasteiger charge is 2.23. The van der Waals surface area contributed by atoms with Gasteiger partial charge in [0.15, 0.2) is 0 Å². The molecule has 2 aromatic rings. The van der Waals surface area contributed by atoms with Crippen LogP contribution in [0, 0.1) is 11.8 Å². The molecule has 1 aromatic carbocycles. The Bertz CT molecular complexity index is 982. The van der Waals surface area contributed by atoms with E-state index in [0.717, 1.165) is 55.5 Å². The summed E-state index contributed by atoms with van der Waals surface area (Å²) in [6.45, 7) is 4.00. The van der Waals surface area contributed by atoms with Crippen LogP contribution in [0.25, 0.3) is 10.9 Å². The first-order valence-electron chi connectivity index (χ1n) is 12.3. The highest BCUT2D eigenvalue weighted by atomic mass is 35.5. The molecule has 2 aliphatic rings. The van der Waals surface area contributed by atoms with Gasteiger partial charge in [-0.05, 0) is 68.7 Å². The molecule has 1 amide bonds. The van der Waals surface area contributed by atoms with Crippen molar-refractivity contribution in [3.8, 4) is 0 Å². The van der Waals surface area contributed by atoms with E-state index >= 15 is 0 Å². The van der Waals surface area contributed by atoms with Gasteiger partial charge in [-0.1, -0.05) is 30.9 Å². The number of rotatable bonds is 7. The zero-order valence-corrected chi connectivity index (χ0v) is 20.2. The van der Waals surface area contributed by atoms with Crippen LogP contribution in [0.15, 0.2) is 24.3 Å². The number of carbonyl (C=O) groups is 2. The zero-order chi connectivity index (χ0) is 23.2. The third-order valence-electron chi connectivity index (χ3n) is 6.97. The molecule has 1 aliphatic heterocycles. The molecule has 0 atom stereocenters. The molecule has 2 fully saturated rings. The number of hydrogen-bond donors (Lipinski definition) is 1. The minimum Gasteiger partial charge on any atom is -0.466 e. The number of nitrogens with one attached hydrogen (secondary N) is 1. The van der Waals surface area contributed by atoms with Crippen molar-refractivity contribution in [3.63, 3.8) is 0 Å². The summed E-state index contributed by atoms with van der Waals surface area (Å²) in [7, 11) is 0. The first-order chi connectivity index (χ1) is 16.0. The van der Waals surface area contributed by atoms with Crippen LogP contribution in [0.5, 0.6) is 0 Å². The van der Waals surface area contributed by atoms with E-state index < -0.39 is 0 Å². The molecular weight excluding hydrogens is 438 g/mol. The van der Waals surface area contributed by atoms with Gasteiger partial charge in [-0.25, -0.2) is 4.98 Å². The Morgan fingerprint density at radius 1 is 1.03 bits per heavy atom. The second-order valence-corrected chi connectivity index (χ2v) is 9.76. The number of piperidine rings is 1. The molecule has 0 bridgehead atoms. The summed E-state index contributed by atoms with van der Waals surface area (Å²) in [6, 6.07) is 7.72. The van der Waals surface area contributed by atoms with Crippen molar-refractivity contribution < 1.29 is 14.3 Å². The van der Waals surface area contributed by atoms with Gasteiger partial charge >= 0.3 is 5.97 Å². The standard InChI is InChI=1S/C26H34ClN3O3/c1-2-33-25(32)17-19-12-14-30(15-13-19)23-11-8-20-22(28-23)10-9-21(27)26(20)29-24(31)16-18-6-4-3-5-7-18/h8-11,18-19H,2-7,12-17H2,1H3,(H,29,31). The first kappa shape index (κ1) is 23.8. The number of amides is 1. The molecule has 0 spiro atoms. The Morgan fingerprint density at radius 2 is 1.76 bits per heavy atom. The van der Waals surface area contributed by atoms with E-state index in [0.29, 0.717) is 42.0 Å². The van der Waals surface area contributed by atoms with Gasteiger partial charge in [-0.15, -0.1) is 0 Å². The Labute approximate surface area is 201 Å². The molecule has 6 nitrogen and oxygen atoms in total. The molecular formula is C26H34ClN3O3. The highest BCUT2D eigenvalue weighted by molar-refractivity contribution is 6.35. The predicted octanol–water partition coefficient (Wildman–Crippen LogP) is 5.97.